The summed E-state index contributed by atoms with van der Waals surface area (Å²) in [5.41, 5.74) is 0.233. The van der Waals surface area contributed by atoms with Crippen molar-refractivity contribution in [1.82, 2.24) is 5.32 Å². The Balaban J connectivity index is 1.82. The van der Waals surface area contributed by atoms with Crippen LogP contribution in [0.4, 0.5) is 0 Å². The van der Waals surface area contributed by atoms with E-state index in [9.17, 15) is 4.79 Å². The van der Waals surface area contributed by atoms with Gasteiger partial charge in [-0.25, -0.2) is 0 Å². The summed E-state index contributed by atoms with van der Waals surface area (Å²) < 4.78 is 11.1. The Hall–Kier alpha value is -0.610. The minimum atomic E-state index is 0.125. The van der Waals surface area contributed by atoms with Gasteiger partial charge in [0.05, 0.1) is 12.7 Å². The van der Waals surface area contributed by atoms with Gasteiger partial charge in [0, 0.05) is 31.1 Å². The first-order chi connectivity index (χ1) is 9.23. The van der Waals surface area contributed by atoms with Crippen LogP contribution in [-0.2, 0) is 14.3 Å². The molecule has 0 radical (unpaired) electrons. The third-order valence-corrected chi connectivity index (χ3v) is 4.70. The van der Waals surface area contributed by atoms with Crippen LogP contribution in [0.1, 0.15) is 52.4 Å². The van der Waals surface area contributed by atoms with E-state index in [1.807, 2.05) is 6.92 Å². The number of amides is 1. The molecule has 2 aliphatic rings. The fourth-order valence-electron chi connectivity index (χ4n) is 3.66. The van der Waals surface area contributed by atoms with Gasteiger partial charge in [-0.05, 0) is 33.1 Å². The second-order valence-electron chi connectivity index (χ2n) is 5.69. The van der Waals surface area contributed by atoms with Crippen molar-refractivity contribution < 1.29 is 14.3 Å². The van der Waals surface area contributed by atoms with E-state index in [1.54, 1.807) is 0 Å². The zero-order valence-corrected chi connectivity index (χ0v) is 12.2. The summed E-state index contributed by atoms with van der Waals surface area (Å²) in [6.07, 6.45) is 6.76. The largest absolute Gasteiger partial charge is 0.381 e. The number of ether oxygens (including phenoxy) is 2. The van der Waals surface area contributed by atoms with Crippen molar-refractivity contribution in [2.75, 3.05) is 19.8 Å². The Morgan fingerprint density at radius 1 is 1.26 bits per heavy atom. The predicted molar refractivity (Wildman–Crippen MR) is 74.0 cm³/mol. The number of carbonyl (C=O) groups excluding carboxylic acids is 1. The Morgan fingerprint density at radius 3 is 2.63 bits per heavy atom. The molecule has 2 rings (SSSR count). The van der Waals surface area contributed by atoms with E-state index in [1.165, 1.54) is 25.7 Å². The normalized spacial score (nSPS) is 28.3. The van der Waals surface area contributed by atoms with E-state index in [4.69, 9.17) is 9.47 Å². The average molecular weight is 269 g/mol. The molecule has 0 saturated heterocycles. The highest BCUT2D eigenvalue weighted by Crippen LogP contribution is 2.54. The van der Waals surface area contributed by atoms with Crippen LogP contribution in [-0.4, -0.2) is 37.9 Å². The summed E-state index contributed by atoms with van der Waals surface area (Å²) in [5, 5.41) is 3.20. The lowest BCUT2D eigenvalue weighted by Gasteiger charge is -2.54. The first-order valence-corrected chi connectivity index (χ1v) is 7.71. The monoisotopic (exact) mass is 269 g/mol. The minimum absolute atomic E-state index is 0.125. The number of rotatable bonds is 7. The fraction of sp³-hybridized carbons (Fsp3) is 0.933. The van der Waals surface area contributed by atoms with Crippen LogP contribution in [0.15, 0.2) is 0 Å². The molecule has 0 unspecified atom stereocenters. The molecule has 0 aromatic rings. The van der Waals surface area contributed by atoms with Gasteiger partial charge in [-0.1, -0.05) is 12.8 Å². The summed E-state index contributed by atoms with van der Waals surface area (Å²) in [7, 11) is 0. The topological polar surface area (TPSA) is 47.6 Å². The van der Waals surface area contributed by atoms with Crippen molar-refractivity contribution in [3.8, 4) is 0 Å². The lowest BCUT2D eigenvalue weighted by molar-refractivity contribution is -0.144. The summed E-state index contributed by atoms with van der Waals surface area (Å²) in [6.45, 7) is 5.97. The van der Waals surface area contributed by atoms with E-state index < -0.39 is 0 Å². The summed E-state index contributed by atoms with van der Waals surface area (Å²) in [5.74, 6) is 0.125. The van der Waals surface area contributed by atoms with Gasteiger partial charge in [0.25, 0.3) is 0 Å². The molecule has 4 heteroatoms. The van der Waals surface area contributed by atoms with Crippen molar-refractivity contribution in [2.45, 2.75) is 64.5 Å². The van der Waals surface area contributed by atoms with Crippen LogP contribution < -0.4 is 5.32 Å². The molecular formula is C15H27NO3. The SMILES string of the molecule is CCOCCC(=O)N[C@@H]1C[C@@H](OCC)C12CCCC2. The highest BCUT2D eigenvalue weighted by atomic mass is 16.5. The van der Waals surface area contributed by atoms with E-state index in [0.29, 0.717) is 31.8 Å². The highest BCUT2D eigenvalue weighted by Gasteiger charge is 2.57. The molecule has 2 fully saturated rings. The van der Waals surface area contributed by atoms with Crippen LogP contribution in [0.3, 0.4) is 0 Å². The van der Waals surface area contributed by atoms with Gasteiger partial charge < -0.3 is 14.8 Å². The van der Waals surface area contributed by atoms with Gasteiger partial charge in [0.15, 0.2) is 0 Å². The fourth-order valence-corrected chi connectivity index (χ4v) is 3.66. The van der Waals surface area contributed by atoms with Gasteiger partial charge in [0.2, 0.25) is 5.91 Å². The van der Waals surface area contributed by atoms with Crippen LogP contribution in [0.5, 0.6) is 0 Å². The maximum absolute atomic E-state index is 11.9. The zero-order valence-electron chi connectivity index (χ0n) is 12.2. The first-order valence-electron chi connectivity index (χ1n) is 7.71. The average Bonchev–Trinajstić information content (AvgIpc) is 2.90. The van der Waals surface area contributed by atoms with E-state index >= 15 is 0 Å². The number of hydrogen-bond acceptors (Lipinski definition) is 3. The molecule has 2 saturated carbocycles. The molecule has 0 bridgehead atoms. The van der Waals surface area contributed by atoms with Crippen molar-refractivity contribution in [1.29, 1.82) is 0 Å². The molecule has 2 aliphatic carbocycles. The first kappa shape index (κ1) is 14.8. The standard InChI is InChI=1S/C15H27NO3/c1-3-18-10-7-14(17)16-12-11-13(19-4-2)15(12)8-5-6-9-15/h12-13H,3-11H2,1-2H3,(H,16,17)/t12-,13-/m1/s1. The van der Waals surface area contributed by atoms with Gasteiger partial charge in [0.1, 0.15) is 0 Å². The lowest BCUT2D eigenvalue weighted by atomic mass is 9.60. The van der Waals surface area contributed by atoms with Crippen LogP contribution in [0.25, 0.3) is 0 Å². The second-order valence-corrected chi connectivity index (χ2v) is 5.69. The molecule has 0 aromatic carbocycles. The Bertz CT molecular complexity index is 300. The molecule has 2 atom stereocenters. The molecule has 1 N–H and O–H groups in total. The quantitative estimate of drug-likeness (QED) is 0.721. The van der Waals surface area contributed by atoms with E-state index in [2.05, 4.69) is 12.2 Å². The minimum Gasteiger partial charge on any atom is -0.381 e. The summed E-state index contributed by atoms with van der Waals surface area (Å²) in [6, 6.07) is 0.320. The molecule has 0 aromatic heterocycles. The molecule has 0 heterocycles. The van der Waals surface area contributed by atoms with Gasteiger partial charge in [-0.3, -0.25) is 4.79 Å². The summed E-state index contributed by atoms with van der Waals surface area (Å²) in [4.78, 5) is 11.9. The van der Waals surface area contributed by atoms with Crippen molar-refractivity contribution >= 4 is 5.91 Å². The third kappa shape index (κ3) is 3.11. The molecule has 0 aliphatic heterocycles. The smallest absolute Gasteiger partial charge is 0.222 e. The van der Waals surface area contributed by atoms with E-state index in [-0.39, 0.29) is 11.3 Å². The van der Waals surface area contributed by atoms with Crippen LogP contribution in [0, 0.1) is 5.41 Å². The van der Waals surface area contributed by atoms with Crippen LogP contribution >= 0.6 is 0 Å². The Kier molecular flexibility index (Phi) is 5.22. The number of carbonyl (C=O) groups is 1. The highest BCUT2D eigenvalue weighted by molar-refractivity contribution is 5.76. The predicted octanol–water partition coefficient (Wildman–Crippen LogP) is 2.27. The molecule has 110 valence electrons. The van der Waals surface area contributed by atoms with Crippen molar-refractivity contribution in [3.63, 3.8) is 0 Å². The van der Waals surface area contributed by atoms with Gasteiger partial charge in [-0.2, -0.15) is 0 Å². The zero-order chi connectivity index (χ0) is 13.7. The molecular weight excluding hydrogens is 242 g/mol. The van der Waals surface area contributed by atoms with Crippen molar-refractivity contribution in [2.24, 2.45) is 5.41 Å². The molecule has 1 spiro atoms. The third-order valence-electron chi connectivity index (χ3n) is 4.70. The maximum Gasteiger partial charge on any atom is 0.222 e. The van der Waals surface area contributed by atoms with Gasteiger partial charge >= 0.3 is 0 Å². The Morgan fingerprint density at radius 2 is 2.00 bits per heavy atom. The number of hydrogen-bond donors (Lipinski definition) is 1. The maximum atomic E-state index is 11.9. The van der Waals surface area contributed by atoms with Gasteiger partial charge in [-0.15, -0.1) is 0 Å². The number of nitrogens with one attached hydrogen (secondary N) is 1. The van der Waals surface area contributed by atoms with Crippen molar-refractivity contribution in [3.05, 3.63) is 0 Å². The van der Waals surface area contributed by atoms with Crippen LogP contribution in [0.2, 0.25) is 0 Å². The lowest BCUT2D eigenvalue weighted by Crippen LogP contribution is -2.63. The molecule has 19 heavy (non-hydrogen) atoms. The summed E-state index contributed by atoms with van der Waals surface area (Å²) >= 11 is 0. The Labute approximate surface area is 116 Å². The second kappa shape index (κ2) is 6.71. The molecule has 1 amide bonds. The van der Waals surface area contributed by atoms with E-state index in [0.717, 1.165) is 13.0 Å². The molecule has 4 nitrogen and oxygen atoms in total.